The molecule has 182 valence electrons. The minimum absolute atomic E-state index is 0.0910. The van der Waals surface area contributed by atoms with Crippen molar-refractivity contribution in [1.29, 1.82) is 0 Å². The first-order valence-electron chi connectivity index (χ1n) is 10.5. The number of halogens is 3. The molecular weight excluding hydrogens is 529 g/mol. The van der Waals surface area contributed by atoms with E-state index in [0.29, 0.717) is 32.8 Å². The first-order valence-corrected chi connectivity index (χ1v) is 11.6. The van der Waals surface area contributed by atoms with E-state index >= 15 is 0 Å². The Morgan fingerprint density at radius 2 is 1.81 bits per heavy atom. The summed E-state index contributed by atoms with van der Waals surface area (Å²) in [5.74, 6) is 0.209. The van der Waals surface area contributed by atoms with Crippen molar-refractivity contribution in [3.05, 3.63) is 85.8 Å². The van der Waals surface area contributed by atoms with Crippen molar-refractivity contribution in [3.8, 4) is 17.4 Å². The number of anilines is 1. The van der Waals surface area contributed by atoms with Crippen LogP contribution in [0.15, 0.2) is 59.5 Å². The number of aromatic nitrogens is 6. The molecular formula is C23H16Cl3N7O3. The predicted molar refractivity (Wildman–Crippen MR) is 137 cm³/mol. The maximum atomic E-state index is 12.8. The number of carbonyl (C=O) groups is 1. The Labute approximate surface area is 218 Å². The van der Waals surface area contributed by atoms with Crippen molar-refractivity contribution in [1.82, 2.24) is 29.5 Å². The van der Waals surface area contributed by atoms with Gasteiger partial charge in [0, 0.05) is 16.1 Å². The minimum atomic E-state index is -0.475. The number of benzene rings is 2. The van der Waals surface area contributed by atoms with Crippen LogP contribution in [0.2, 0.25) is 15.1 Å². The van der Waals surface area contributed by atoms with Gasteiger partial charge in [0.25, 0.3) is 11.5 Å². The number of carbonyl (C=O) groups excluding carboxylic acids is 1. The van der Waals surface area contributed by atoms with Crippen LogP contribution in [0.4, 0.5) is 5.82 Å². The molecule has 0 saturated carbocycles. The first-order chi connectivity index (χ1) is 17.3. The number of ether oxygens (including phenoxy) is 1. The number of rotatable bonds is 6. The molecule has 1 amide bonds. The average Bonchev–Trinajstić information content (AvgIpc) is 3.42. The number of aromatic amines is 1. The van der Waals surface area contributed by atoms with E-state index in [1.807, 2.05) is 0 Å². The summed E-state index contributed by atoms with van der Waals surface area (Å²) in [6.45, 7) is 1.42. The lowest BCUT2D eigenvalue weighted by molar-refractivity contribution is -0.118. The van der Waals surface area contributed by atoms with Crippen LogP contribution in [-0.2, 0) is 4.79 Å². The van der Waals surface area contributed by atoms with Crippen LogP contribution >= 0.6 is 34.8 Å². The highest BCUT2D eigenvalue weighted by atomic mass is 35.5. The fraction of sp³-hybridized carbons (Fsp3) is 0.0870. The highest BCUT2D eigenvalue weighted by Crippen LogP contribution is 2.27. The lowest BCUT2D eigenvalue weighted by Gasteiger charge is -2.10. The standard InChI is InChI=1S/C23H16Cl3N7O3/c1-12-8-19(28-20(34)11-36-18-7-4-14(25)9-17(18)26)33(31-12)23-29-21-16(22(35)30-23)10-27-32(21)15-5-2-13(24)3-6-15/h2-10H,11H2,1H3,(H,28,34)(H,29,30,35). The fourth-order valence-electron chi connectivity index (χ4n) is 3.44. The number of nitrogens with one attached hydrogen (secondary N) is 2. The Morgan fingerprint density at radius 3 is 2.56 bits per heavy atom. The number of amides is 1. The van der Waals surface area contributed by atoms with E-state index in [9.17, 15) is 9.59 Å². The van der Waals surface area contributed by atoms with Crippen molar-refractivity contribution in [2.24, 2.45) is 0 Å². The van der Waals surface area contributed by atoms with Gasteiger partial charge in [0.05, 0.1) is 22.6 Å². The topological polar surface area (TPSA) is 120 Å². The molecule has 0 aliphatic carbocycles. The second kappa shape index (κ2) is 9.65. The lowest BCUT2D eigenvalue weighted by atomic mass is 10.3. The fourth-order valence-corrected chi connectivity index (χ4v) is 4.03. The number of hydrogen-bond donors (Lipinski definition) is 2. The second-order valence-electron chi connectivity index (χ2n) is 7.65. The van der Waals surface area contributed by atoms with Gasteiger partial charge < -0.3 is 10.1 Å². The molecule has 5 aromatic rings. The zero-order chi connectivity index (χ0) is 25.4. The van der Waals surface area contributed by atoms with Gasteiger partial charge in [0.2, 0.25) is 5.95 Å². The molecule has 0 atom stereocenters. The zero-order valence-electron chi connectivity index (χ0n) is 18.5. The first kappa shape index (κ1) is 23.9. The molecule has 2 aromatic carbocycles. The van der Waals surface area contributed by atoms with E-state index in [4.69, 9.17) is 39.5 Å². The van der Waals surface area contributed by atoms with Crippen LogP contribution in [0.5, 0.6) is 5.75 Å². The van der Waals surface area contributed by atoms with E-state index < -0.39 is 11.5 Å². The van der Waals surface area contributed by atoms with Gasteiger partial charge in [-0.15, -0.1) is 0 Å². The van der Waals surface area contributed by atoms with E-state index in [-0.39, 0.29) is 28.8 Å². The average molecular weight is 545 g/mol. The number of H-pyrrole nitrogens is 1. The molecule has 13 heteroatoms. The number of nitrogens with zero attached hydrogens (tertiary/aromatic N) is 5. The molecule has 0 aliphatic heterocycles. The van der Waals surface area contributed by atoms with E-state index in [1.165, 1.54) is 21.6 Å². The maximum absolute atomic E-state index is 12.8. The van der Waals surface area contributed by atoms with Crippen LogP contribution in [0.25, 0.3) is 22.7 Å². The highest BCUT2D eigenvalue weighted by molar-refractivity contribution is 6.35. The van der Waals surface area contributed by atoms with Crippen LogP contribution in [0, 0.1) is 6.92 Å². The molecule has 0 saturated heterocycles. The molecule has 0 fully saturated rings. The number of hydrogen-bond acceptors (Lipinski definition) is 6. The predicted octanol–water partition coefficient (Wildman–Crippen LogP) is 4.58. The van der Waals surface area contributed by atoms with Crippen molar-refractivity contribution < 1.29 is 9.53 Å². The Kier molecular flexibility index (Phi) is 6.40. The Balaban J connectivity index is 1.44. The van der Waals surface area contributed by atoms with Gasteiger partial charge in [0.1, 0.15) is 17.0 Å². The largest absolute Gasteiger partial charge is 0.482 e. The molecule has 0 radical (unpaired) electrons. The lowest BCUT2D eigenvalue weighted by Crippen LogP contribution is -2.23. The van der Waals surface area contributed by atoms with Crippen LogP contribution in [0.1, 0.15) is 5.69 Å². The maximum Gasteiger partial charge on any atom is 0.263 e. The molecule has 3 aromatic heterocycles. The molecule has 2 N–H and O–H groups in total. The van der Waals surface area contributed by atoms with Crippen LogP contribution < -0.4 is 15.6 Å². The van der Waals surface area contributed by atoms with Crippen molar-refractivity contribution in [3.63, 3.8) is 0 Å². The van der Waals surface area contributed by atoms with Crippen molar-refractivity contribution in [2.75, 3.05) is 11.9 Å². The molecule has 0 unspecified atom stereocenters. The molecule has 0 spiro atoms. The van der Waals surface area contributed by atoms with E-state index in [1.54, 1.807) is 49.4 Å². The quantitative estimate of drug-likeness (QED) is 0.323. The third-order valence-corrected chi connectivity index (χ3v) is 5.83. The summed E-state index contributed by atoms with van der Waals surface area (Å²) in [4.78, 5) is 32.6. The van der Waals surface area contributed by atoms with Crippen LogP contribution in [0.3, 0.4) is 0 Å². The second-order valence-corrected chi connectivity index (χ2v) is 8.93. The molecule has 10 nitrogen and oxygen atoms in total. The van der Waals surface area contributed by atoms with Crippen LogP contribution in [-0.4, -0.2) is 42.0 Å². The smallest absolute Gasteiger partial charge is 0.263 e. The zero-order valence-corrected chi connectivity index (χ0v) is 20.8. The molecule has 0 bridgehead atoms. The molecule has 0 aliphatic rings. The van der Waals surface area contributed by atoms with Gasteiger partial charge >= 0.3 is 0 Å². The SMILES string of the molecule is Cc1cc(NC(=O)COc2ccc(Cl)cc2Cl)n(-c2nc3c(cnn3-c3ccc(Cl)cc3)c(=O)[nH]2)n1. The third-order valence-electron chi connectivity index (χ3n) is 5.05. The highest BCUT2D eigenvalue weighted by Gasteiger charge is 2.17. The summed E-state index contributed by atoms with van der Waals surface area (Å²) in [7, 11) is 0. The van der Waals surface area contributed by atoms with Gasteiger partial charge in [0.15, 0.2) is 12.3 Å². The Hall–Kier alpha value is -3.86. The normalized spacial score (nSPS) is 11.1. The summed E-state index contributed by atoms with van der Waals surface area (Å²) < 4.78 is 8.33. The third kappa shape index (κ3) is 4.78. The van der Waals surface area contributed by atoms with Gasteiger partial charge in [-0.2, -0.15) is 19.9 Å². The van der Waals surface area contributed by atoms with Gasteiger partial charge in [-0.25, -0.2) is 4.68 Å². The van der Waals surface area contributed by atoms with E-state index in [2.05, 4.69) is 25.5 Å². The summed E-state index contributed by atoms with van der Waals surface area (Å²) in [5, 5.41) is 13.0. The number of aryl methyl sites for hydroxylation is 1. The molecule has 3 heterocycles. The Morgan fingerprint density at radius 1 is 1.06 bits per heavy atom. The summed E-state index contributed by atoms with van der Waals surface area (Å²) >= 11 is 18.0. The van der Waals surface area contributed by atoms with Crippen molar-refractivity contribution in [2.45, 2.75) is 6.92 Å². The summed E-state index contributed by atoms with van der Waals surface area (Å²) in [6, 6.07) is 13.3. The Bertz CT molecular complexity index is 1660. The van der Waals surface area contributed by atoms with E-state index in [0.717, 1.165) is 0 Å². The van der Waals surface area contributed by atoms with Gasteiger partial charge in [-0.3, -0.25) is 14.6 Å². The molecule has 5 rings (SSSR count). The number of fused-ring (bicyclic) bond motifs is 1. The van der Waals surface area contributed by atoms with Crippen molar-refractivity contribution >= 4 is 57.6 Å². The van der Waals surface area contributed by atoms with Gasteiger partial charge in [-0.1, -0.05) is 34.8 Å². The van der Waals surface area contributed by atoms with Gasteiger partial charge in [-0.05, 0) is 49.4 Å². The monoisotopic (exact) mass is 543 g/mol. The molecule has 36 heavy (non-hydrogen) atoms. The summed E-state index contributed by atoms with van der Waals surface area (Å²) in [5.41, 5.74) is 1.14. The minimum Gasteiger partial charge on any atom is -0.482 e. The summed E-state index contributed by atoms with van der Waals surface area (Å²) in [6.07, 6.45) is 1.43.